The van der Waals surface area contributed by atoms with E-state index >= 15 is 0 Å². The highest BCUT2D eigenvalue weighted by molar-refractivity contribution is 6.13. The Bertz CT molecular complexity index is 1050. The number of benzene rings is 3. The van der Waals surface area contributed by atoms with Crippen molar-refractivity contribution in [2.24, 2.45) is 0 Å². The zero-order chi connectivity index (χ0) is 17.9. The highest BCUT2D eigenvalue weighted by Gasteiger charge is 2.18. The maximum absolute atomic E-state index is 13.0. The smallest absolute Gasteiger partial charge is 0.193 e. The second kappa shape index (κ2) is 6.76. The first-order valence-corrected chi connectivity index (χ1v) is 8.41. The van der Waals surface area contributed by atoms with E-state index in [0.29, 0.717) is 16.8 Å². The van der Waals surface area contributed by atoms with Crippen LogP contribution in [0.1, 0.15) is 21.5 Å². The first-order chi connectivity index (χ1) is 12.7. The molecule has 4 rings (SSSR count). The number of hydrogen-bond donors (Lipinski definition) is 0. The lowest BCUT2D eigenvalue weighted by molar-refractivity contribution is 0.103. The molecule has 0 bridgehead atoms. The van der Waals surface area contributed by atoms with E-state index in [1.807, 2.05) is 92.0 Å². The van der Waals surface area contributed by atoms with Crippen LogP contribution >= 0.6 is 0 Å². The lowest BCUT2D eigenvalue weighted by Crippen LogP contribution is -2.04. The fourth-order valence-corrected chi connectivity index (χ4v) is 3.03. The van der Waals surface area contributed by atoms with Crippen molar-refractivity contribution in [2.75, 3.05) is 0 Å². The number of ketones is 1. The Hall–Kier alpha value is -3.53. The molecule has 0 aliphatic heterocycles. The van der Waals surface area contributed by atoms with Crippen LogP contribution in [0.3, 0.4) is 0 Å². The van der Waals surface area contributed by atoms with Gasteiger partial charge in [-0.3, -0.25) is 4.79 Å². The molecule has 4 nitrogen and oxygen atoms in total. The zero-order valence-electron chi connectivity index (χ0n) is 14.3. The first kappa shape index (κ1) is 16.0. The van der Waals surface area contributed by atoms with Gasteiger partial charge in [-0.05, 0) is 24.6 Å². The van der Waals surface area contributed by atoms with Gasteiger partial charge in [0.1, 0.15) is 5.69 Å². The number of para-hydroxylation sites is 1. The summed E-state index contributed by atoms with van der Waals surface area (Å²) < 4.78 is 1.72. The maximum atomic E-state index is 13.0. The SMILES string of the molecule is Cc1cccc(C(=O)c2ccccc2)c1-c1cn(-c2ccccc2)nn1. The quantitative estimate of drug-likeness (QED) is 0.515. The van der Waals surface area contributed by atoms with Crippen LogP contribution in [0.5, 0.6) is 0 Å². The summed E-state index contributed by atoms with van der Waals surface area (Å²) in [4.78, 5) is 13.0. The Morgan fingerprint density at radius 2 is 1.54 bits per heavy atom. The predicted molar refractivity (Wildman–Crippen MR) is 101 cm³/mol. The summed E-state index contributed by atoms with van der Waals surface area (Å²) in [7, 11) is 0. The largest absolute Gasteiger partial charge is 0.289 e. The Balaban J connectivity index is 1.81. The third-order valence-corrected chi connectivity index (χ3v) is 4.32. The average molecular weight is 339 g/mol. The molecule has 0 spiro atoms. The summed E-state index contributed by atoms with van der Waals surface area (Å²) in [6.07, 6.45) is 1.86. The van der Waals surface area contributed by atoms with Gasteiger partial charge in [0.05, 0.1) is 11.9 Å². The number of carbonyl (C=O) groups is 1. The molecular formula is C22H17N3O. The number of nitrogens with zero attached hydrogens (tertiary/aromatic N) is 3. The molecule has 0 fully saturated rings. The summed E-state index contributed by atoms with van der Waals surface area (Å²) in [5, 5.41) is 8.55. The summed E-state index contributed by atoms with van der Waals surface area (Å²) in [6, 6.07) is 24.8. The van der Waals surface area contributed by atoms with Crippen LogP contribution in [0.4, 0.5) is 0 Å². The van der Waals surface area contributed by atoms with Crippen molar-refractivity contribution >= 4 is 5.78 Å². The molecule has 0 unspecified atom stereocenters. The van der Waals surface area contributed by atoms with Crippen LogP contribution in [0.25, 0.3) is 16.9 Å². The minimum absolute atomic E-state index is 0.0152. The predicted octanol–water partition coefficient (Wildman–Crippen LogP) is 4.47. The fraction of sp³-hybridized carbons (Fsp3) is 0.0455. The monoisotopic (exact) mass is 339 g/mol. The van der Waals surface area contributed by atoms with Gasteiger partial charge in [0.15, 0.2) is 5.78 Å². The Morgan fingerprint density at radius 1 is 0.846 bits per heavy atom. The van der Waals surface area contributed by atoms with Crippen LogP contribution in [0.2, 0.25) is 0 Å². The molecule has 1 aromatic heterocycles. The summed E-state index contributed by atoms with van der Waals surface area (Å²) in [5.74, 6) is -0.0152. The van der Waals surface area contributed by atoms with Crippen molar-refractivity contribution < 1.29 is 4.79 Å². The number of carbonyl (C=O) groups excluding carboxylic acids is 1. The maximum Gasteiger partial charge on any atom is 0.193 e. The molecule has 0 aliphatic rings. The highest BCUT2D eigenvalue weighted by atomic mass is 16.1. The summed E-state index contributed by atoms with van der Waals surface area (Å²) >= 11 is 0. The van der Waals surface area contributed by atoms with E-state index in [0.717, 1.165) is 16.8 Å². The third kappa shape index (κ3) is 2.93. The Labute approximate surface area is 151 Å². The summed E-state index contributed by atoms with van der Waals surface area (Å²) in [6.45, 7) is 1.98. The topological polar surface area (TPSA) is 47.8 Å². The fourth-order valence-electron chi connectivity index (χ4n) is 3.03. The van der Waals surface area contributed by atoms with E-state index in [1.54, 1.807) is 4.68 Å². The van der Waals surface area contributed by atoms with Crippen molar-refractivity contribution in [3.63, 3.8) is 0 Å². The molecule has 0 aliphatic carbocycles. The van der Waals surface area contributed by atoms with Gasteiger partial charge in [-0.25, -0.2) is 4.68 Å². The standard InChI is InChI=1S/C22H17N3O/c1-16-9-8-14-19(22(26)17-10-4-2-5-11-17)21(16)20-15-25(24-23-20)18-12-6-3-7-13-18/h2-15H,1H3. The van der Waals surface area contributed by atoms with Gasteiger partial charge < -0.3 is 0 Å². The van der Waals surface area contributed by atoms with Gasteiger partial charge in [0, 0.05) is 16.7 Å². The van der Waals surface area contributed by atoms with Gasteiger partial charge in [-0.1, -0.05) is 71.9 Å². The van der Waals surface area contributed by atoms with Crippen molar-refractivity contribution in [3.8, 4) is 16.9 Å². The van der Waals surface area contributed by atoms with Crippen molar-refractivity contribution in [3.05, 3.63) is 102 Å². The Kier molecular flexibility index (Phi) is 4.15. The lowest BCUT2D eigenvalue weighted by Gasteiger charge is -2.09. The minimum Gasteiger partial charge on any atom is -0.289 e. The number of rotatable bonds is 4. The van der Waals surface area contributed by atoms with Crippen molar-refractivity contribution in [1.29, 1.82) is 0 Å². The van der Waals surface area contributed by atoms with Crippen molar-refractivity contribution in [1.82, 2.24) is 15.0 Å². The molecule has 0 radical (unpaired) electrons. The first-order valence-electron chi connectivity index (χ1n) is 8.41. The number of hydrogen-bond acceptors (Lipinski definition) is 3. The van der Waals surface area contributed by atoms with E-state index in [-0.39, 0.29) is 5.78 Å². The van der Waals surface area contributed by atoms with Gasteiger partial charge in [-0.15, -0.1) is 5.10 Å². The molecule has 0 N–H and O–H groups in total. The van der Waals surface area contributed by atoms with Crippen LogP contribution in [-0.2, 0) is 0 Å². The van der Waals surface area contributed by atoms with Crippen LogP contribution in [0, 0.1) is 6.92 Å². The molecule has 1 heterocycles. The molecule has 3 aromatic carbocycles. The molecule has 26 heavy (non-hydrogen) atoms. The van der Waals surface area contributed by atoms with E-state index in [1.165, 1.54) is 0 Å². The molecule has 0 saturated carbocycles. The molecule has 4 heteroatoms. The molecular weight excluding hydrogens is 322 g/mol. The second-order valence-electron chi connectivity index (χ2n) is 6.08. The van der Waals surface area contributed by atoms with E-state index in [9.17, 15) is 4.79 Å². The van der Waals surface area contributed by atoms with Crippen molar-refractivity contribution in [2.45, 2.75) is 6.92 Å². The minimum atomic E-state index is -0.0152. The summed E-state index contributed by atoms with van der Waals surface area (Å²) in [5.41, 5.74) is 4.73. The van der Waals surface area contributed by atoms with Crippen LogP contribution in [0.15, 0.2) is 85.1 Å². The molecule has 0 atom stereocenters. The second-order valence-corrected chi connectivity index (χ2v) is 6.08. The van der Waals surface area contributed by atoms with Crippen LogP contribution in [-0.4, -0.2) is 20.8 Å². The molecule has 0 saturated heterocycles. The van der Waals surface area contributed by atoms with Gasteiger partial charge in [0.25, 0.3) is 0 Å². The van der Waals surface area contributed by atoms with E-state index < -0.39 is 0 Å². The molecule has 126 valence electrons. The normalized spacial score (nSPS) is 10.7. The number of aromatic nitrogens is 3. The third-order valence-electron chi connectivity index (χ3n) is 4.32. The van der Waals surface area contributed by atoms with Gasteiger partial charge in [-0.2, -0.15) is 0 Å². The highest BCUT2D eigenvalue weighted by Crippen LogP contribution is 2.28. The van der Waals surface area contributed by atoms with Crippen LogP contribution < -0.4 is 0 Å². The zero-order valence-corrected chi connectivity index (χ0v) is 14.3. The average Bonchev–Trinajstić information content (AvgIpc) is 3.18. The number of aryl methyl sites for hydroxylation is 1. The molecule has 4 aromatic rings. The van der Waals surface area contributed by atoms with Gasteiger partial charge in [0.2, 0.25) is 0 Å². The lowest BCUT2D eigenvalue weighted by atomic mass is 9.93. The molecule has 0 amide bonds. The van der Waals surface area contributed by atoms with E-state index in [2.05, 4.69) is 10.3 Å². The van der Waals surface area contributed by atoms with Gasteiger partial charge >= 0.3 is 0 Å². The Morgan fingerprint density at radius 3 is 2.27 bits per heavy atom. The van der Waals surface area contributed by atoms with E-state index in [4.69, 9.17) is 0 Å².